The number of halogens is 3. The standard InChI is InChI=1S/C27H18Cl2FN3O2S/c1-15-22(25(34)32-19-7-3-2-4-8-19)24(16-10-12-18(30)13-11-16)33-26(35)21(36-27(33)31-15)14-17-6-5-9-20(28)23(17)29/h2-14,24H,1H3,(H,32,34)/b21-14+. The van der Waals surface area contributed by atoms with Gasteiger partial charge in [0.15, 0.2) is 4.80 Å². The average molecular weight is 538 g/mol. The fraction of sp³-hybridized carbons (Fsp3) is 0.0741. The number of benzene rings is 3. The number of anilines is 1. The van der Waals surface area contributed by atoms with Gasteiger partial charge in [0.05, 0.1) is 31.9 Å². The molecule has 1 aliphatic heterocycles. The predicted octanol–water partition coefficient (Wildman–Crippen LogP) is 5.32. The van der Waals surface area contributed by atoms with Crippen LogP contribution in [0.25, 0.3) is 6.08 Å². The number of fused-ring (bicyclic) bond motifs is 1. The van der Waals surface area contributed by atoms with Crippen molar-refractivity contribution in [3.05, 3.63) is 131 Å². The Kier molecular flexibility index (Phi) is 6.62. The molecule has 1 N–H and O–H groups in total. The summed E-state index contributed by atoms with van der Waals surface area (Å²) in [6.07, 6.45) is 1.66. The molecule has 4 aromatic rings. The van der Waals surface area contributed by atoms with Crippen LogP contribution in [0.2, 0.25) is 10.0 Å². The molecule has 1 aliphatic rings. The molecule has 180 valence electrons. The van der Waals surface area contributed by atoms with Crippen LogP contribution in [0.4, 0.5) is 10.1 Å². The summed E-state index contributed by atoms with van der Waals surface area (Å²) in [4.78, 5) is 32.2. The van der Waals surface area contributed by atoms with E-state index < -0.39 is 17.8 Å². The molecule has 3 aromatic carbocycles. The predicted molar refractivity (Wildman–Crippen MR) is 142 cm³/mol. The molecule has 0 radical (unpaired) electrons. The maximum atomic E-state index is 13.8. The summed E-state index contributed by atoms with van der Waals surface area (Å²) in [5.41, 5.74) is 2.19. The third kappa shape index (κ3) is 4.53. The van der Waals surface area contributed by atoms with E-state index in [4.69, 9.17) is 23.2 Å². The largest absolute Gasteiger partial charge is 0.322 e. The van der Waals surface area contributed by atoms with Crippen LogP contribution in [0.15, 0.2) is 93.9 Å². The first-order chi connectivity index (χ1) is 17.3. The number of hydrogen-bond donors (Lipinski definition) is 1. The van der Waals surface area contributed by atoms with Crippen LogP contribution in [0, 0.1) is 5.82 Å². The molecule has 1 unspecified atom stereocenters. The number of aromatic nitrogens is 1. The minimum Gasteiger partial charge on any atom is -0.322 e. The third-order valence-electron chi connectivity index (χ3n) is 5.75. The molecule has 0 bridgehead atoms. The number of para-hydroxylation sites is 1. The molecule has 2 heterocycles. The van der Waals surface area contributed by atoms with Crippen molar-refractivity contribution in [3.8, 4) is 0 Å². The first-order valence-corrected chi connectivity index (χ1v) is 12.5. The van der Waals surface area contributed by atoms with Crippen LogP contribution in [-0.4, -0.2) is 10.5 Å². The first kappa shape index (κ1) is 24.2. The van der Waals surface area contributed by atoms with Crippen molar-refractivity contribution in [2.24, 2.45) is 4.99 Å². The lowest BCUT2D eigenvalue weighted by atomic mass is 9.95. The maximum Gasteiger partial charge on any atom is 0.271 e. The fourth-order valence-corrected chi connectivity index (χ4v) is 5.47. The molecule has 1 aromatic heterocycles. The summed E-state index contributed by atoms with van der Waals surface area (Å²) >= 11 is 13.7. The van der Waals surface area contributed by atoms with Gasteiger partial charge in [-0.15, -0.1) is 0 Å². The van der Waals surface area contributed by atoms with Gasteiger partial charge in [-0.2, -0.15) is 0 Å². The summed E-state index contributed by atoms with van der Waals surface area (Å²) < 4.78 is 15.6. The van der Waals surface area contributed by atoms with Crippen molar-refractivity contribution in [3.63, 3.8) is 0 Å². The van der Waals surface area contributed by atoms with Gasteiger partial charge in [0.2, 0.25) is 0 Å². The number of amides is 1. The lowest BCUT2D eigenvalue weighted by Crippen LogP contribution is -2.40. The monoisotopic (exact) mass is 537 g/mol. The van der Waals surface area contributed by atoms with Crippen LogP contribution in [-0.2, 0) is 4.79 Å². The van der Waals surface area contributed by atoms with E-state index in [-0.39, 0.29) is 5.56 Å². The zero-order valence-electron chi connectivity index (χ0n) is 18.8. The van der Waals surface area contributed by atoms with Gasteiger partial charge in [-0.25, -0.2) is 9.38 Å². The second-order valence-electron chi connectivity index (χ2n) is 8.10. The minimum atomic E-state index is -0.803. The second kappa shape index (κ2) is 9.85. The number of rotatable bonds is 4. The van der Waals surface area contributed by atoms with E-state index in [1.165, 1.54) is 28.0 Å². The van der Waals surface area contributed by atoms with E-state index in [9.17, 15) is 14.0 Å². The summed E-state index contributed by atoms with van der Waals surface area (Å²) in [5, 5.41) is 3.59. The van der Waals surface area contributed by atoms with Gasteiger partial charge in [0.25, 0.3) is 11.5 Å². The molecule has 1 atom stereocenters. The number of nitrogens with one attached hydrogen (secondary N) is 1. The highest BCUT2D eigenvalue weighted by molar-refractivity contribution is 7.07. The maximum absolute atomic E-state index is 13.8. The van der Waals surface area contributed by atoms with Crippen LogP contribution in [0.3, 0.4) is 0 Å². The van der Waals surface area contributed by atoms with E-state index in [0.717, 1.165) is 0 Å². The topological polar surface area (TPSA) is 63.5 Å². The molecule has 5 nitrogen and oxygen atoms in total. The van der Waals surface area contributed by atoms with E-state index in [1.807, 2.05) is 18.2 Å². The minimum absolute atomic E-state index is 0.296. The summed E-state index contributed by atoms with van der Waals surface area (Å²) in [6.45, 7) is 1.72. The molecule has 0 aliphatic carbocycles. The molecular weight excluding hydrogens is 520 g/mol. The van der Waals surface area contributed by atoms with Gasteiger partial charge in [-0.05, 0) is 54.5 Å². The number of nitrogens with zero attached hydrogens (tertiary/aromatic N) is 2. The van der Waals surface area contributed by atoms with Gasteiger partial charge in [0, 0.05) is 5.69 Å². The van der Waals surface area contributed by atoms with Crippen LogP contribution >= 0.6 is 34.5 Å². The number of thiazole rings is 1. The average Bonchev–Trinajstić information content (AvgIpc) is 3.16. The zero-order valence-corrected chi connectivity index (χ0v) is 21.2. The van der Waals surface area contributed by atoms with Crippen molar-refractivity contribution < 1.29 is 9.18 Å². The van der Waals surface area contributed by atoms with Crippen LogP contribution in [0.1, 0.15) is 24.1 Å². The van der Waals surface area contributed by atoms with Crippen molar-refractivity contribution in [1.29, 1.82) is 0 Å². The Morgan fingerprint density at radius 2 is 1.78 bits per heavy atom. The van der Waals surface area contributed by atoms with Gasteiger partial charge < -0.3 is 5.32 Å². The summed E-state index contributed by atoms with van der Waals surface area (Å²) in [6, 6.07) is 19.1. The Hall–Kier alpha value is -3.52. The number of allylic oxidation sites excluding steroid dienone is 1. The fourth-order valence-electron chi connectivity index (χ4n) is 4.07. The van der Waals surface area contributed by atoms with Crippen molar-refractivity contribution in [2.75, 3.05) is 5.32 Å². The smallest absolute Gasteiger partial charge is 0.271 e. The number of carbonyl (C=O) groups is 1. The Morgan fingerprint density at radius 1 is 1.06 bits per heavy atom. The Bertz CT molecular complexity index is 1690. The summed E-state index contributed by atoms with van der Waals surface area (Å²) in [7, 11) is 0. The van der Waals surface area contributed by atoms with Crippen molar-refractivity contribution in [2.45, 2.75) is 13.0 Å². The van der Waals surface area contributed by atoms with Crippen LogP contribution < -0.4 is 20.2 Å². The van der Waals surface area contributed by atoms with E-state index in [1.54, 1.807) is 55.5 Å². The SMILES string of the molecule is CC1=C(C(=O)Nc2ccccc2)C(c2ccc(F)cc2)n2c(s/c(=C/c3cccc(Cl)c3Cl)c2=O)=N1. The summed E-state index contributed by atoms with van der Waals surface area (Å²) in [5.74, 6) is -0.818. The molecule has 1 amide bonds. The second-order valence-corrected chi connectivity index (χ2v) is 9.89. The van der Waals surface area contributed by atoms with Crippen molar-refractivity contribution in [1.82, 2.24) is 4.57 Å². The Morgan fingerprint density at radius 3 is 2.50 bits per heavy atom. The van der Waals surface area contributed by atoms with E-state index >= 15 is 0 Å². The molecule has 0 saturated carbocycles. The molecule has 0 fully saturated rings. The zero-order chi connectivity index (χ0) is 25.4. The van der Waals surface area contributed by atoms with Gasteiger partial charge >= 0.3 is 0 Å². The lowest BCUT2D eigenvalue weighted by Gasteiger charge is -2.25. The quantitative estimate of drug-likeness (QED) is 0.383. The van der Waals surface area contributed by atoms with Crippen LogP contribution in [0.5, 0.6) is 0 Å². The van der Waals surface area contributed by atoms with Gasteiger partial charge in [0.1, 0.15) is 5.82 Å². The molecule has 0 saturated heterocycles. The first-order valence-electron chi connectivity index (χ1n) is 10.9. The third-order valence-corrected chi connectivity index (χ3v) is 7.57. The Labute approximate surface area is 219 Å². The highest BCUT2D eigenvalue weighted by atomic mass is 35.5. The van der Waals surface area contributed by atoms with E-state index in [0.29, 0.717) is 47.5 Å². The van der Waals surface area contributed by atoms with Crippen molar-refractivity contribution >= 4 is 52.2 Å². The molecular formula is C27H18Cl2FN3O2S. The van der Waals surface area contributed by atoms with Gasteiger partial charge in [-0.1, -0.05) is 77.0 Å². The number of carbonyl (C=O) groups excluding carboxylic acids is 1. The molecule has 9 heteroatoms. The normalized spacial score (nSPS) is 15.4. The molecule has 36 heavy (non-hydrogen) atoms. The highest BCUT2D eigenvalue weighted by Crippen LogP contribution is 2.31. The van der Waals surface area contributed by atoms with E-state index in [2.05, 4.69) is 10.3 Å². The lowest BCUT2D eigenvalue weighted by molar-refractivity contribution is -0.113. The molecule has 0 spiro atoms. The highest BCUT2D eigenvalue weighted by Gasteiger charge is 2.32. The van der Waals surface area contributed by atoms with Gasteiger partial charge in [-0.3, -0.25) is 14.2 Å². The molecule has 5 rings (SSSR count). The Balaban J connectivity index is 1.69. The number of hydrogen-bond acceptors (Lipinski definition) is 4.